The summed E-state index contributed by atoms with van der Waals surface area (Å²) in [5.74, 6) is 0.00579. The number of aromatic nitrogens is 3. The number of fused-ring (bicyclic) bond motifs is 2. The molecule has 0 bridgehead atoms. The maximum atomic E-state index is 13.4. The van der Waals surface area contributed by atoms with E-state index in [0.29, 0.717) is 12.1 Å². The minimum absolute atomic E-state index is 0.00579. The molecule has 1 amide bonds. The number of aryl methyl sites for hydroxylation is 2. The van der Waals surface area contributed by atoms with E-state index in [-0.39, 0.29) is 5.91 Å². The normalized spacial score (nSPS) is 15.2. The molecule has 128 valence electrons. The number of para-hydroxylation sites is 1. The molecule has 0 spiro atoms. The van der Waals surface area contributed by atoms with Gasteiger partial charge in [0.15, 0.2) is 5.65 Å². The molecular weight excluding hydrogens is 314 g/mol. The first-order valence-corrected chi connectivity index (χ1v) is 8.42. The van der Waals surface area contributed by atoms with Gasteiger partial charge in [0.05, 0.1) is 17.1 Å². The Morgan fingerprint density at radius 3 is 2.80 bits per heavy atom. The number of carbonyl (C=O) groups is 1. The Balaban J connectivity index is 1.84. The van der Waals surface area contributed by atoms with Crippen molar-refractivity contribution in [1.29, 1.82) is 0 Å². The third-order valence-corrected chi connectivity index (χ3v) is 4.74. The van der Waals surface area contributed by atoms with Gasteiger partial charge in [-0.15, -0.1) is 0 Å². The molecule has 0 saturated heterocycles. The molecule has 0 unspecified atom stereocenters. The fourth-order valence-electron chi connectivity index (χ4n) is 3.44. The third-order valence-electron chi connectivity index (χ3n) is 4.74. The van der Waals surface area contributed by atoms with Crippen LogP contribution in [0, 0.1) is 6.92 Å². The second kappa shape index (κ2) is 5.97. The van der Waals surface area contributed by atoms with E-state index in [1.807, 2.05) is 43.1 Å². The maximum absolute atomic E-state index is 13.4. The Morgan fingerprint density at radius 2 is 1.96 bits per heavy atom. The predicted octanol–water partition coefficient (Wildman–Crippen LogP) is 2.37. The number of rotatable bonds is 1. The summed E-state index contributed by atoms with van der Waals surface area (Å²) < 4.78 is 1.71. The van der Waals surface area contributed by atoms with Crippen molar-refractivity contribution in [2.45, 2.75) is 13.5 Å². The first kappa shape index (κ1) is 15.8. The van der Waals surface area contributed by atoms with Crippen molar-refractivity contribution in [1.82, 2.24) is 19.7 Å². The summed E-state index contributed by atoms with van der Waals surface area (Å²) in [7, 11) is 3.93. The molecule has 1 aliphatic heterocycles. The van der Waals surface area contributed by atoms with Crippen molar-refractivity contribution in [3.05, 3.63) is 53.3 Å². The number of amides is 1. The Kier molecular flexibility index (Phi) is 3.77. The zero-order valence-corrected chi connectivity index (χ0v) is 14.7. The number of nitrogens with zero attached hydrogens (tertiary/aromatic N) is 5. The summed E-state index contributed by atoms with van der Waals surface area (Å²) in [6.07, 6.45) is 1.73. The van der Waals surface area contributed by atoms with E-state index in [9.17, 15) is 4.79 Å². The van der Waals surface area contributed by atoms with Gasteiger partial charge in [0.1, 0.15) is 0 Å². The number of hydrogen-bond donors (Lipinski definition) is 0. The number of likely N-dealkylation sites (N-methyl/N-ethyl adjacent to an activating group) is 1. The van der Waals surface area contributed by atoms with Crippen LogP contribution < -0.4 is 4.90 Å². The molecule has 4 rings (SSSR count). The average Bonchev–Trinajstić information content (AvgIpc) is 2.87. The molecule has 0 atom stereocenters. The molecule has 6 heteroatoms. The van der Waals surface area contributed by atoms with Gasteiger partial charge >= 0.3 is 0 Å². The van der Waals surface area contributed by atoms with Gasteiger partial charge in [-0.25, -0.2) is 4.98 Å². The van der Waals surface area contributed by atoms with Crippen LogP contribution in [0.3, 0.4) is 0 Å². The molecule has 0 saturated carbocycles. The molecule has 0 fully saturated rings. The van der Waals surface area contributed by atoms with Gasteiger partial charge in [0.2, 0.25) is 0 Å². The lowest BCUT2D eigenvalue weighted by Gasteiger charge is -2.23. The quantitative estimate of drug-likeness (QED) is 0.685. The lowest BCUT2D eigenvalue weighted by molar-refractivity contribution is 0.0987. The molecule has 1 aromatic carbocycles. The largest absolute Gasteiger partial charge is 0.307 e. The van der Waals surface area contributed by atoms with Crippen LogP contribution in [0.1, 0.15) is 21.6 Å². The lowest BCUT2D eigenvalue weighted by atomic mass is 10.1. The van der Waals surface area contributed by atoms with Crippen molar-refractivity contribution in [2.24, 2.45) is 7.05 Å². The van der Waals surface area contributed by atoms with Crippen LogP contribution in [0.4, 0.5) is 5.69 Å². The first-order chi connectivity index (χ1) is 12.0. The van der Waals surface area contributed by atoms with Crippen LogP contribution in [0.2, 0.25) is 0 Å². The highest BCUT2D eigenvalue weighted by Gasteiger charge is 2.26. The smallest absolute Gasteiger partial charge is 0.259 e. The van der Waals surface area contributed by atoms with Gasteiger partial charge in [-0.2, -0.15) is 5.10 Å². The van der Waals surface area contributed by atoms with Crippen molar-refractivity contribution in [3.63, 3.8) is 0 Å². The zero-order valence-electron chi connectivity index (χ0n) is 14.7. The van der Waals surface area contributed by atoms with Gasteiger partial charge < -0.3 is 9.80 Å². The SMILES string of the molecule is Cc1cc(C(=O)N2CCN(C)Cc3ccccc32)c2cnn(C)c2n1. The summed E-state index contributed by atoms with van der Waals surface area (Å²) in [4.78, 5) is 22.1. The highest BCUT2D eigenvalue weighted by Crippen LogP contribution is 2.28. The van der Waals surface area contributed by atoms with Gasteiger partial charge in [-0.05, 0) is 31.7 Å². The first-order valence-electron chi connectivity index (χ1n) is 8.42. The summed E-state index contributed by atoms with van der Waals surface area (Å²) >= 11 is 0. The van der Waals surface area contributed by atoms with E-state index in [0.717, 1.165) is 35.5 Å². The molecular formula is C19H21N5O. The Hall–Kier alpha value is -2.73. The highest BCUT2D eigenvalue weighted by atomic mass is 16.2. The van der Waals surface area contributed by atoms with Crippen molar-refractivity contribution < 1.29 is 4.79 Å². The zero-order chi connectivity index (χ0) is 17.6. The second-order valence-corrected chi connectivity index (χ2v) is 6.64. The number of benzene rings is 1. The van der Waals surface area contributed by atoms with E-state index < -0.39 is 0 Å². The topological polar surface area (TPSA) is 54.3 Å². The molecule has 3 aromatic rings. The van der Waals surface area contributed by atoms with E-state index in [4.69, 9.17) is 0 Å². The number of anilines is 1. The van der Waals surface area contributed by atoms with Crippen molar-refractivity contribution in [3.8, 4) is 0 Å². The number of carbonyl (C=O) groups excluding carboxylic acids is 1. The van der Waals surface area contributed by atoms with Gasteiger partial charge in [0, 0.05) is 38.1 Å². The van der Waals surface area contributed by atoms with E-state index >= 15 is 0 Å². The summed E-state index contributed by atoms with van der Waals surface area (Å²) in [5.41, 5.74) is 4.38. The summed E-state index contributed by atoms with van der Waals surface area (Å²) in [6, 6.07) is 10.00. The van der Waals surface area contributed by atoms with Crippen LogP contribution in [-0.2, 0) is 13.6 Å². The predicted molar refractivity (Wildman–Crippen MR) is 97.7 cm³/mol. The highest BCUT2D eigenvalue weighted by molar-refractivity contribution is 6.13. The Morgan fingerprint density at radius 1 is 1.16 bits per heavy atom. The van der Waals surface area contributed by atoms with E-state index in [1.54, 1.807) is 10.9 Å². The fraction of sp³-hybridized carbons (Fsp3) is 0.316. The third kappa shape index (κ3) is 2.68. The molecule has 1 aliphatic rings. The molecule has 0 aliphatic carbocycles. The summed E-state index contributed by atoms with van der Waals surface area (Å²) in [5, 5.41) is 5.07. The van der Waals surface area contributed by atoms with Gasteiger partial charge in [-0.3, -0.25) is 9.48 Å². The number of pyridine rings is 1. The van der Waals surface area contributed by atoms with Crippen LogP contribution in [0.25, 0.3) is 11.0 Å². The van der Waals surface area contributed by atoms with Crippen LogP contribution in [0.5, 0.6) is 0 Å². The molecule has 0 radical (unpaired) electrons. The monoisotopic (exact) mass is 335 g/mol. The maximum Gasteiger partial charge on any atom is 0.259 e. The van der Waals surface area contributed by atoms with E-state index in [2.05, 4.69) is 28.1 Å². The molecule has 25 heavy (non-hydrogen) atoms. The minimum Gasteiger partial charge on any atom is -0.307 e. The number of hydrogen-bond acceptors (Lipinski definition) is 4. The fourth-order valence-corrected chi connectivity index (χ4v) is 3.44. The van der Waals surface area contributed by atoms with E-state index in [1.165, 1.54) is 5.56 Å². The Labute approximate surface area is 146 Å². The Bertz CT molecular complexity index is 962. The molecule has 0 N–H and O–H groups in total. The summed E-state index contributed by atoms with van der Waals surface area (Å²) in [6.45, 7) is 4.25. The van der Waals surface area contributed by atoms with Crippen LogP contribution >= 0.6 is 0 Å². The lowest BCUT2D eigenvalue weighted by Crippen LogP contribution is -2.35. The average molecular weight is 335 g/mol. The van der Waals surface area contributed by atoms with Gasteiger partial charge in [0.25, 0.3) is 5.91 Å². The minimum atomic E-state index is 0.00579. The standard InChI is InChI=1S/C19H21N5O/c1-13-10-15(16-11-20-23(3)18(16)21-13)19(25)24-9-8-22(2)12-14-6-4-5-7-17(14)24/h4-7,10-11H,8-9,12H2,1-3H3. The molecule has 6 nitrogen and oxygen atoms in total. The van der Waals surface area contributed by atoms with Gasteiger partial charge in [-0.1, -0.05) is 18.2 Å². The molecule has 2 aromatic heterocycles. The van der Waals surface area contributed by atoms with Crippen molar-refractivity contribution >= 4 is 22.6 Å². The van der Waals surface area contributed by atoms with Crippen LogP contribution in [-0.4, -0.2) is 45.7 Å². The van der Waals surface area contributed by atoms with Crippen LogP contribution in [0.15, 0.2) is 36.5 Å². The van der Waals surface area contributed by atoms with Crippen molar-refractivity contribution in [2.75, 3.05) is 25.0 Å². The molecule has 3 heterocycles. The second-order valence-electron chi connectivity index (χ2n) is 6.64.